The molecule has 3 aromatic rings. The van der Waals surface area contributed by atoms with Crippen molar-refractivity contribution in [2.45, 2.75) is 44.6 Å². The predicted octanol–water partition coefficient (Wildman–Crippen LogP) is 5.47. The van der Waals surface area contributed by atoms with Crippen LogP contribution in [0.5, 0.6) is 5.75 Å². The Balaban J connectivity index is 1.63. The highest BCUT2D eigenvalue weighted by molar-refractivity contribution is 6.37. The zero-order valence-corrected chi connectivity index (χ0v) is 20.1. The molecule has 1 aromatic heterocycles. The Morgan fingerprint density at radius 1 is 1.15 bits per heavy atom. The first-order chi connectivity index (χ1) is 15.7. The van der Waals surface area contributed by atoms with Gasteiger partial charge in [-0.2, -0.15) is 0 Å². The molecule has 1 aliphatic carbocycles. The van der Waals surface area contributed by atoms with E-state index in [4.69, 9.17) is 16.3 Å². The van der Waals surface area contributed by atoms with Gasteiger partial charge in [0.2, 0.25) is 0 Å². The van der Waals surface area contributed by atoms with Crippen molar-refractivity contribution in [1.29, 1.82) is 0 Å². The van der Waals surface area contributed by atoms with Gasteiger partial charge in [0.15, 0.2) is 0 Å². The number of hydrogen-bond acceptors (Lipinski definition) is 3. The monoisotopic (exact) mass is 468 g/mol. The molecule has 1 amide bonds. The number of benzene rings is 2. The third-order valence-electron chi connectivity index (χ3n) is 6.89. The fourth-order valence-corrected chi connectivity index (χ4v) is 5.14. The molecule has 0 aliphatic heterocycles. The number of carboxylic acids is 1. The number of nitrogens with one attached hydrogen (secondary N) is 1. The SMILES string of the molecule is COc1ccc2c(cc(C(=O)NC3(c4ccc(C(C(=O)O)C(C)C)cc4)CCC3)n2C)c1Cl. The second kappa shape index (κ2) is 8.75. The average Bonchev–Trinajstić information content (AvgIpc) is 3.08. The lowest BCUT2D eigenvalue weighted by atomic mass is 9.71. The highest BCUT2D eigenvalue weighted by Gasteiger charge is 2.41. The largest absolute Gasteiger partial charge is 0.495 e. The normalized spacial score (nSPS) is 15.8. The highest BCUT2D eigenvalue weighted by Crippen LogP contribution is 2.42. The number of methoxy groups -OCH3 is 1. The van der Waals surface area contributed by atoms with Gasteiger partial charge in [0.25, 0.3) is 5.91 Å². The number of ether oxygens (including phenoxy) is 1. The van der Waals surface area contributed by atoms with E-state index in [1.165, 1.54) is 0 Å². The van der Waals surface area contributed by atoms with Crippen LogP contribution in [-0.2, 0) is 17.4 Å². The van der Waals surface area contributed by atoms with Crippen molar-refractivity contribution < 1.29 is 19.4 Å². The Morgan fingerprint density at radius 2 is 1.82 bits per heavy atom. The first-order valence-electron chi connectivity index (χ1n) is 11.2. The van der Waals surface area contributed by atoms with Crippen molar-refractivity contribution in [3.63, 3.8) is 0 Å². The summed E-state index contributed by atoms with van der Waals surface area (Å²) >= 11 is 6.47. The molecule has 1 saturated carbocycles. The molecule has 0 saturated heterocycles. The summed E-state index contributed by atoms with van der Waals surface area (Å²) in [6.07, 6.45) is 2.69. The Morgan fingerprint density at radius 3 is 2.33 bits per heavy atom. The number of aryl methyl sites for hydroxylation is 1. The summed E-state index contributed by atoms with van der Waals surface area (Å²) in [6.45, 7) is 3.82. The van der Waals surface area contributed by atoms with Gasteiger partial charge in [-0.3, -0.25) is 9.59 Å². The Bertz CT molecular complexity index is 1210. The molecule has 7 heteroatoms. The van der Waals surface area contributed by atoms with Crippen LogP contribution in [0.2, 0.25) is 5.02 Å². The number of fused-ring (bicyclic) bond motifs is 1. The van der Waals surface area contributed by atoms with Crippen LogP contribution in [0, 0.1) is 5.92 Å². The van der Waals surface area contributed by atoms with Crippen molar-refractivity contribution in [2.24, 2.45) is 13.0 Å². The number of carbonyl (C=O) groups is 2. The molecule has 6 nitrogen and oxygen atoms in total. The average molecular weight is 469 g/mol. The molecule has 1 aliphatic rings. The summed E-state index contributed by atoms with van der Waals surface area (Å²) in [6, 6.07) is 13.1. The first kappa shape index (κ1) is 23.2. The molecule has 174 valence electrons. The lowest BCUT2D eigenvalue weighted by molar-refractivity contribution is -0.139. The summed E-state index contributed by atoms with van der Waals surface area (Å²) in [7, 11) is 3.41. The lowest BCUT2D eigenvalue weighted by Crippen LogP contribution is -2.51. The minimum absolute atomic E-state index is 0.0114. The van der Waals surface area contributed by atoms with Crippen LogP contribution in [0.3, 0.4) is 0 Å². The van der Waals surface area contributed by atoms with Gasteiger partial charge in [-0.15, -0.1) is 0 Å². The Kier molecular flexibility index (Phi) is 6.14. The molecule has 1 fully saturated rings. The number of carbonyl (C=O) groups excluding carboxylic acids is 1. The van der Waals surface area contributed by atoms with E-state index in [2.05, 4.69) is 5.32 Å². The van der Waals surface area contributed by atoms with Crippen molar-refractivity contribution in [3.8, 4) is 5.75 Å². The summed E-state index contributed by atoms with van der Waals surface area (Å²) in [5, 5.41) is 14.1. The Hall–Kier alpha value is -2.99. The van der Waals surface area contributed by atoms with Gasteiger partial charge in [-0.05, 0) is 54.5 Å². The highest BCUT2D eigenvalue weighted by atomic mass is 35.5. The zero-order valence-electron chi connectivity index (χ0n) is 19.3. The fraction of sp³-hybridized carbons (Fsp3) is 0.385. The van der Waals surface area contributed by atoms with Crippen LogP contribution in [0.15, 0.2) is 42.5 Å². The maximum Gasteiger partial charge on any atom is 0.311 e. The molecule has 4 rings (SSSR count). The van der Waals surface area contributed by atoms with Crippen LogP contribution in [-0.4, -0.2) is 28.7 Å². The van der Waals surface area contributed by atoms with Crippen molar-refractivity contribution in [3.05, 3.63) is 64.3 Å². The number of amides is 1. The summed E-state index contributed by atoms with van der Waals surface area (Å²) in [5.74, 6) is -0.988. The molecule has 33 heavy (non-hydrogen) atoms. The van der Waals surface area contributed by atoms with Gasteiger partial charge in [0.1, 0.15) is 11.4 Å². The minimum Gasteiger partial charge on any atom is -0.495 e. The van der Waals surface area contributed by atoms with Gasteiger partial charge in [0, 0.05) is 12.4 Å². The Labute approximate surface area is 198 Å². The summed E-state index contributed by atoms with van der Waals surface area (Å²) < 4.78 is 7.14. The molecular weight excluding hydrogens is 440 g/mol. The van der Waals surface area contributed by atoms with Gasteiger partial charge in [0.05, 0.1) is 29.1 Å². The molecule has 1 unspecified atom stereocenters. The molecular formula is C26H29ClN2O4. The van der Waals surface area contributed by atoms with Crippen molar-refractivity contribution in [2.75, 3.05) is 7.11 Å². The van der Waals surface area contributed by atoms with E-state index >= 15 is 0 Å². The van der Waals surface area contributed by atoms with E-state index in [1.807, 2.05) is 55.8 Å². The smallest absolute Gasteiger partial charge is 0.311 e. The number of halogens is 1. The van der Waals surface area contributed by atoms with Crippen LogP contribution in [0.25, 0.3) is 10.9 Å². The molecule has 2 aromatic carbocycles. The van der Waals surface area contributed by atoms with E-state index in [0.29, 0.717) is 16.5 Å². The summed E-state index contributed by atoms with van der Waals surface area (Å²) in [5.41, 5.74) is 2.70. The number of hydrogen-bond donors (Lipinski definition) is 2. The lowest BCUT2D eigenvalue weighted by Gasteiger charge is -2.43. The van der Waals surface area contributed by atoms with E-state index in [0.717, 1.165) is 41.3 Å². The topological polar surface area (TPSA) is 80.6 Å². The zero-order chi connectivity index (χ0) is 23.9. The maximum atomic E-state index is 13.4. The predicted molar refractivity (Wildman–Crippen MR) is 129 cm³/mol. The number of carboxylic acid groups (broad SMARTS) is 1. The third kappa shape index (κ3) is 3.97. The molecule has 0 spiro atoms. The maximum absolute atomic E-state index is 13.4. The van der Waals surface area contributed by atoms with Crippen LogP contribution in [0.1, 0.15) is 60.6 Å². The molecule has 1 heterocycles. The number of aromatic nitrogens is 1. The number of nitrogens with zero attached hydrogens (tertiary/aromatic N) is 1. The van der Waals surface area contributed by atoms with Crippen LogP contribution >= 0.6 is 11.6 Å². The second-order valence-corrected chi connectivity index (χ2v) is 9.55. The molecule has 0 radical (unpaired) electrons. The fourth-order valence-electron chi connectivity index (χ4n) is 4.85. The summed E-state index contributed by atoms with van der Waals surface area (Å²) in [4.78, 5) is 25.0. The minimum atomic E-state index is -0.824. The van der Waals surface area contributed by atoms with Crippen LogP contribution in [0.4, 0.5) is 0 Å². The third-order valence-corrected chi connectivity index (χ3v) is 7.28. The van der Waals surface area contributed by atoms with Crippen LogP contribution < -0.4 is 10.1 Å². The molecule has 0 bridgehead atoms. The van der Waals surface area contributed by atoms with Gasteiger partial charge in [-0.25, -0.2) is 0 Å². The standard InChI is InChI=1S/C26H29ClN2O4/c1-15(2)22(25(31)32)16-6-8-17(9-7-16)26(12-5-13-26)28-24(30)20-14-18-19(29(20)3)10-11-21(33-4)23(18)27/h6-11,14-15,22H,5,12-13H2,1-4H3,(H,28,30)(H,31,32). The second-order valence-electron chi connectivity index (χ2n) is 9.17. The first-order valence-corrected chi connectivity index (χ1v) is 11.5. The van der Waals surface area contributed by atoms with Gasteiger partial charge >= 0.3 is 5.97 Å². The van der Waals surface area contributed by atoms with Gasteiger partial charge in [-0.1, -0.05) is 49.7 Å². The van der Waals surface area contributed by atoms with Crippen molar-refractivity contribution >= 4 is 34.4 Å². The number of aliphatic carboxylic acids is 1. The number of rotatable bonds is 7. The van der Waals surface area contributed by atoms with E-state index in [1.54, 1.807) is 19.2 Å². The van der Waals surface area contributed by atoms with Crippen molar-refractivity contribution in [1.82, 2.24) is 9.88 Å². The van der Waals surface area contributed by atoms with E-state index in [9.17, 15) is 14.7 Å². The molecule has 1 atom stereocenters. The molecule has 2 N–H and O–H groups in total. The quantitative estimate of drug-likeness (QED) is 0.481. The van der Waals surface area contributed by atoms with E-state index in [-0.39, 0.29) is 11.8 Å². The van der Waals surface area contributed by atoms with E-state index < -0.39 is 17.4 Å². The van der Waals surface area contributed by atoms with Gasteiger partial charge < -0.3 is 19.7 Å².